The van der Waals surface area contributed by atoms with E-state index in [9.17, 15) is 9.90 Å². The van der Waals surface area contributed by atoms with E-state index in [0.717, 1.165) is 18.4 Å². The summed E-state index contributed by atoms with van der Waals surface area (Å²) in [5, 5.41) is 10.1. The molecule has 1 saturated carbocycles. The van der Waals surface area contributed by atoms with Crippen LogP contribution in [0.5, 0.6) is 0 Å². The Hall–Kier alpha value is -1.09. The molecule has 1 aliphatic carbocycles. The predicted octanol–water partition coefficient (Wildman–Crippen LogP) is 2.60. The predicted molar refractivity (Wildman–Crippen MR) is 69.9 cm³/mol. The lowest BCUT2D eigenvalue weighted by Crippen LogP contribution is -2.38. The first kappa shape index (κ1) is 13.3. The summed E-state index contributed by atoms with van der Waals surface area (Å²) in [6.07, 6.45) is 3.85. The minimum Gasteiger partial charge on any atom is -0.450 e. The van der Waals surface area contributed by atoms with Crippen LogP contribution in [0.4, 0.5) is 0 Å². The van der Waals surface area contributed by atoms with Gasteiger partial charge < -0.3 is 9.84 Å². The van der Waals surface area contributed by atoms with Gasteiger partial charge in [-0.25, -0.2) is 4.79 Å². The van der Waals surface area contributed by atoms with Crippen LogP contribution in [0.1, 0.15) is 40.5 Å². The van der Waals surface area contributed by atoms with E-state index in [0.29, 0.717) is 5.57 Å². The zero-order valence-electron chi connectivity index (χ0n) is 11.6. The largest absolute Gasteiger partial charge is 0.450 e. The highest BCUT2D eigenvalue weighted by Crippen LogP contribution is 2.51. The quantitative estimate of drug-likeness (QED) is 0.605. The summed E-state index contributed by atoms with van der Waals surface area (Å²) in [6.45, 7) is 11.3. The summed E-state index contributed by atoms with van der Waals surface area (Å²) < 4.78 is 5.68. The summed E-state index contributed by atoms with van der Waals surface area (Å²) >= 11 is 0. The average Bonchev–Trinajstić information content (AvgIpc) is 2.70. The zero-order valence-corrected chi connectivity index (χ0v) is 11.6. The minimum absolute atomic E-state index is 0.163. The van der Waals surface area contributed by atoms with Crippen molar-refractivity contribution in [3.8, 4) is 0 Å². The molecule has 100 valence electrons. The number of hydrogen-bond acceptors (Lipinski definition) is 3. The maximum atomic E-state index is 12.0. The van der Waals surface area contributed by atoms with Gasteiger partial charge in [0.25, 0.3) is 0 Å². The van der Waals surface area contributed by atoms with Gasteiger partial charge in [-0.2, -0.15) is 0 Å². The van der Waals surface area contributed by atoms with Crippen LogP contribution in [0.25, 0.3) is 0 Å². The van der Waals surface area contributed by atoms with Gasteiger partial charge in [0.2, 0.25) is 0 Å². The highest BCUT2D eigenvalue weighted by atomic mass is 16.6. The van der Waals surface area contributed by atoms with E-state index < -0.39 is 11.2 Å². The molecule has 2 aliphatic rings. The van der Waals surface area contributed by atoms with Gasteiger partial charge in [0.05, 0.1) is 11.2 Å². The lowest BCUT2D eigenvalue weighted by atomic mass is 9.80. The van der Waals surface area contributed by atoms with Crippen molar-refractivity contribution < 1.29 is 14.6 Å². The Kier molecular flexibility index (Phi) is 2.93. The Labute approximate surface area is 109 Å². The molecule has 0 bridgehead atoms. The SMILES string of the molecule is C=C(C)[C@@H]1CC[C@H](C)[C@@]12C=C(C(C)(C)O)C(=O)O2. The number of carbonyl (C=O) groups excluding carboxylic acids is 1. The first-order chi connectivity index (χ1) is 8.18. The number of ether oxygens (including phenoxy) is 1. The summed E-state index contributed by atoms with van der Waals surface area (Å²) in [7, 11) is 0. The molecule has 1 heterocycles. The van der Waals surface area contributed by atoms with Crippen molar-refractivity contribution in [3.05, 3.63) is 23.8 Å². The van der Waals surface area contributed by atoms with E-state index >= 15 is 0 Å². The molecule has 3 heteroatoms. The number of rotatable bonds is 2. The van der Waals surface area contributed by atoms with E-state index in [2.05, 4.69) is 13.5 Å². The molecule has 0 radical (unpaired) electrons. The molecule has 0 aromatic heterocycles. The van der Waals surface area contributed by atoms with Gasteiger partial charge in [-0.3, -0.25) is 0 Å². The van der Waals surface area contributed by atoms with Crippen LogP contribution in [0, 0.1) is 11.8 Å². The molecule has 0 unspecified atom stereocenters. The molecular weight excluding hydrogens is 228 g/mol. The number of hydrogen-bond donors (Lipinski definition) is 1. The maximum absolute atomic E-state index is 12.0. The molecule has 1 spiro atoms. The second-order valence-corrected chi connectivity index (χ2v) is 6.24. The molecule has 0 saturated heterocycles. The summed E-state index contributed by atoms with van der Waals surface area (Å²) in [4.78, 5) is 12.0. The van der Waals surface area contributed by atoms with Crippen LogP contribution in [0.2, 0.25) is 0 Å². The Morgan fingerprint density at radius 1 is 1.56 bits per heavy atom. The van der Waals surface area contributed by atoms with Crippen molar-refractivity contribution in [2.75, 3.05) is 0 Å². The third-order valence-electron chi connectivity index (χ3n) is 4.32. The van der Waals surface area contributed by atoms with Gasteiger partial charge >= 0.3 is 5.97 Å². The molecule has 1 N–H and O–H groups in total. The van der Waals surface area contributed by atoms with Crippen molar-refractivity contribution in [2.24, 2.45) is 11.8 Å². The first-order valence-corrected chi connectivity index (χ1v) is 6.53. The number of carbonyl (C=O) groups is 1. The second kappa shape index (κ2) is 3.95. The zero-order chi connectivity index (χ0) is 13.7. The Morgan fingerprint density at radius 2 is 2.17 bits per heavy atom. The Morgan fingerprint density at radius 3 is 2.61 bits per heavy atom. The van der Waals surface area contributed by atoms with Crippen molar-refractivity contribution in [3.63, 3.8) is 0 Å². The van der Waals surface area contributed by atoms with Crippen molar-refractivity contribution in [1.29, 1.82) is 0 Å². The fourth-order valence-corrected chi connectivity index (χ4v) is 3.21. The van der Waals surface area contributed by atoms with E-state index in [4.69, 9.17) is 4.74 Å². The molecule has 3 nitrogen and oxygen atoms in total. The van der Waals surface area contributed by atoms with Crippen LogP contribution in [0.15, 0.2) is 23.8 Å². The van der Waals surface area contributed by atoms with Gasteiger partial charge in [-0.15, -0.1) is 0 Å². The lowest BCUT2D eigenvalue weighted by molar-refractivity contribution is -0.152. The third kappa shape index (κ3) is 1.81. The fourth-order valence-electron chi connectivity index (χ4n) is 3.21. The van der Waals surface area contributed by atoms with Gasteiger partial charge in [0.1, 0.15) is 5.60 Å². The average molecular weight is 250 g/mol. The lowest BCUT2D eigenvalue weighted by Gasteiger charge is -2.32. The van der Waals surface area contributed by atoms with E-state index in [-0.39, 0.29) is 17.8 Å². The molecule has 0 amide bonds. The normalized spacial score (nSPS) is 35.8. The highest BCUT2D eigenvalue weighted by molar-refractivity contribution is 5.93. The Balaban J connectivity index is 2.46. The third-order valence-corrected chi connectivity index (χ3v) is 4.32. The van der Waals surface area contributed by atoms with Crippen LogP contribution in [0.3, 0.4) is 0 Å². The molecule has 1 fully saturated rings. The molecule has 18 heavy (non-hydrogen) atoms. The van der Waals surface area contributed by atoms with Gasteiger partial charge in [-0.1, -0.05) is 19.1 Å². The van der Waals surface area contributed by atoms with Crippen molar-refractivity contribution in [1.82, 2.24) is 0 Å². The summed E-state index contributed by atoms with van der Waals surface area (Å²) in [5.74, 6) is 0.0433. The number of esters is 1. The van der Waals surface area contributed by atoms with E-state index in [1.54, 1.807) is 13.8 Å². The standard InChI is InChI=1S/C15H22O3/c1-9(2)11-7-6-10(3)15(11)8-12(13(16)18-15)14(4,5)17/h8,10-11,17H,1,6-7H2,2-5H3/t10-,11-,15-/m0/s1. The van der Waals surface area contributed by atoms with Gasteiger partial charge in [0, 0.05) is 11.8 Å². The molecule has 0 aromatic carbocycles. The summed E-state index contributed by atoms with van der Waals surface area (Å²) in [6, 6.07) is 0. The highest BCUT2D eigenvalue weighted by Gasteiger charge is 2.55. The number of aliphatic hydroxyl groups is 1. The van der Waals surface area contributed by atoms with E-state index in [1.807, 2.05) is 13.0 Å². The molecular formula is C15H22O3. The Bertz CT molecular complexity index is 428. The van der Waals surface area contributed by atoms with Crippen LogP contribution in [-0.2, 0) is 9.53 Å². The monoisotopic (exact) mass is 250 g/mol. The molecule has 3 atom stereocenters. The van der Waals surface area contributed by atoms with Gasteiger partial charge in [-0.05, 0) is 39.7 Å². The maximum Gasteiger partial charge on any atom is 0.337 e. The summed E-state index contributed by atoms with van der Waals surface area (Å²) in [5.41, 5.74) is -0.316. The van der Waals surface area contributed by atoms with Gasteiger partial charge in [0.15, 0.2) is 0 Å². The van der Waals surface area contributed by atoms with Crippen LogP contribution < -0.4 is 0 Å². The smallest absolute Gasteiger partial charge is 0.337 e. The fraction of sp³-hybridized carbons (Fsp3) is 0.667. The van der Waals surface area contributed by atoms with Crippen LogP contribution >= 0.6 is 0 Å². The van der Waals surface area contributed by atoms with Crippen LogP contribution in [-0.4, -0.2) is 22.3 Å². The van der Waals surface area contributed by atoms with Crippen molar-refractivity contribution >= 4 is 5.97 Å². The van der Waals surface area contributed by atoms with E-state index in [1.165, 1.54) is 0 Å². The second-order valence-electron chi connectivity index (χ2n) is 6.24. The molecule has 0 aromatic rings. The first-order valence-electron chi connectivity index (χ1n) is 6.53. The molecule has 1 aliphatic heterocycles. The topological polar surface area (TPSA) is 46.5 Å². The van der Waals surface area contributed by atoms with Crippen molar-refractivity contribution in [2.45, 2.75) is 51.7 Å². The minimum atomic E-state index is -1.15. The molecule has 2 rings (SSSR count).